The zero-order chi connectivity index (χ0) is 12.3. The van der Waals surface area contributed by atoms with Crippen LogP contribution in [0.25, 0.3) is 0 Å². The van der Waals surface area contributed by atoms with E-state index < -0.39 is 0 Å². The molecule has 1 aromatic carbocycles. The maximum atomic E-state index is 5.87. The Labute approximate surface area is 106 Å². The topological polar surface area (TPSA) is 47.6 Å². The molecule has 3 nitrogen and oxygen atoms in total. The third-order valence-corrected chi connectivity index (χ3v) is 4.10. The first-order valence-electron chi connectivity index (χ1n) is 5.83. The average Bonchev–Trinajstić information content (AvgIpc) is 2.38. The Hall–Kier alpha value is -1.16. The lowest BCUT2D eigenvalue weighted by Gasteiger charge is -2.32. The molecule has 0 aliphatic carbocycles. The fourth-order valence-corrected chi connectivity index (χ4v) is 3.08. The second kappa shape index (κ2) is 5.00. The Morgan fingerprint density at radius 1 is 1.41 bits per heavy atom. The lowest BCUT2D eigenvalue weighted by atomic mass is 9.85. The summed E-state index contributed by atoms with van der Waals surface area (Å²) < 4.78 is 5.18. The summed E-state index contributed by atoms with van der Waals surface area (Å²) in [6.45, 7) is 2.16. The van der Waals surface area contributed by atoms with Crippen molar-refractivity contribution in [1.82, 2.24) is 0 Å². The Kier molecular flexibility index (Phi) is 3.62. The van der Waals surface area contributed by atoms with Crippen LogP contribution in [0.5, 0.6) is 5.75 Å². The molecular weight excluding hydrogens is 232 g/mol. The number of amidine groups is 1. The molecule has 1 aromatic rings. The van der Waals surface area contributed by atoms with Crippen molar-refractivity contribution in [3.8, 4) is 5.75 Å². The van der Waals surface area contributed by atoms with Gasteiger partial charge in [-0.2, -0.15) is 0 Å². The molecule has 92 valence electrons. The molecule has 2 rings (SSSR count). The van der Waals surface area contributed by atoms with Crippen LogP contribution in [0.3, 0.4) is 0 Å². The molecule has 0 fully saturated rings. The quantitative estimate of drug-likeness (QED) is 0.897. The maximum Gasteiger partial charge on any atom is 0.154 e. The molecular formula is C13H18N2OS. The molecule has 0 radical (unpaired) electrons. The predicted molar refractivity (Wildman–Crippen MR) is 73.7 cm³/mol. The van der Waals surface area contributed by atoms with Gasteiger partial charge in [0.05, 0.1) is 12.6 Å². The van der Waals surface area contributed by atoms with Crippen molar-refractivity contribution in [3.63, 3.8) is 0 Å². The number of nitrogens with zero attached hydrogens (tertiary/aromatic N) is 1. The molecule has 0 spiro atoms. The number of methoxy groups -OCH3 is 1. The minimum atomic E-state index is -0.137. The van der Waals surface area contributed by atoms with E-state index in [1.165, 1.54) is 5.56 Å². The Bertz CT molecular complexity index is 416. The summed E-state index contributed by atoms with van der Waals surface area (Å²) in [6, 6.07) is 8.16. The van der Waals surface area contributed by atoms with Gasteiger partial charge in [0.1, 0.15) is 5.75 Å². The first kappa shape index (κ1) is 12.3. The van der Waals surface area contributed by atoms with Gasteiger partial charge < -0.3 is 10.5 Å². The van der Waals surface area contributed by atoms with Crippen LogP contribution < -0.4 is 10.5 Å². The van der Waals surface area contributed by atoms with Crippen LogP contribution in [0, 0.1) is 0 Å². The van der Waals surface area contributed by atoms with Crippen molar-refractivity contribution in [2.75, 3.05) is 12.9 Å². The molecule has 17 heavy (non-hydrogen) atoms. The van der Waals surface area contributed by atoms with Crippen molar-refractivity contribution >= 4 is 16.9 Å². The van der Waals surface area contributed by atoms with Crippen molar-refractivity contribution in [3.05, 3.63) is 29.8 Å². The normalized spacial score (nSPS) is 24.2. The number of hydrogen-bond donors (Lipinski definition) is 1. The summed E-state index contributed by atoms with van der Waals surface area (Å²) >= 11 is 1.64. The fourth-order valence-electron chi connectivity index (χ4n) is 2.19. The van der Waals surface area contributed by atoms with Gasteiger partial charge in [-0.25, -0.2) is 0 Å². The summed E-state index contributed by atoms with van der Waals surface area (Å²) in [7, 11) is 1.68. The third kappa shape index (κ3) is 2.41. The van der Waals surface area contributed by atoms with Crippen molar-refractivity contribution in [2.45, 2.75) is 25.3 Å². The Morgan fingerprint density at radius 3 is 2.65 bits per heavy atom. The van der Waals surface area contributed by atoms with Gasteiger partial charge >= 0.3 is 0 Å². The molecule has 0 bridgehead atoms. The summed E-state index contributed by atoms with van der Waals surface area (Å²) in [6.07, 6.45) is 2.02. The van der Waals surface area contributed by atoms with Crippen LogP contribution in [0.4, 0.5) is 0 Å². The van der Waals surface area contributed by atoms with Gasteiger partial charge in [-0.15, -0.1) is 0 Å². The fraction of sp³-hybridized carbons (Fsp3) is 0.462. The molecule has 1 aliphatic heterocycles. The van der Waals surface area contributed by atoms with Crippen molar-refractivity contribution < 1.29 is 4.74 Å². The van der Waals surface area contributed by atoms with E-state index in [-0.39, 0.29) is 5.54 Å². The molecule has 1 unspecified atom stereocenters. The minimum Gasteiger partial charge on any atom is -0.497 e. The monoisotopic (exact) mass is 250 g/mol. The summed E-state index contributed by atoms with van der Waals surface area (Å²) in [5, 5.41) is 0.703. The number of rotatable bonds is 3. The molecule has 2 N–H and O–H groups in total. The van der Waals surface area contributed by atoms with E-state index in [1.807, 2.05) is 12.1 Å². The first-order chi connectivity index (χ1) is 8.20. The van der Waals surface area contributed by atoms with Crippen molar-refractivity contribution in [2.24, 2.45) is 10.7 Å². The van der Waals surface area contributed by atoms with Gasteiger partial charge in [0.15, 0.2) is 5.17 Å². The maximum absolute atomic E-state index is 5.87. The molecule has 0 amide bonds. The van der Waals surface area contributed by atoms with Crippen LogP contribution in [0.2, 0.25) is 0 Å². The van der Waals surface area contributed by atoms with Gasteiger partial charge in [0.2, 0.25) is 0 Å². The lowest BCUT2D eigenvalue weighted by Crippen LogP contribution is -2.31. The third-order valence-electron chi connectivity index (χ3n) is 3.30. The number of nitrogens with two attached hydrogens (primary N) is 1. The highest BCUT2D eigenvalue weighted by atomic mass is 32.2. The highest BCUT2D eigenvalue weighted by molar-refractivity contribution is 8.13. The van der Waals surface area contributed by atoms with Crippen molar-refractivity contribution in [1.29, 1.82) is 0 Å². The second-order valence-corrected chi connectivity index (χ2v) is 5.28. The van der Waals surface area contributed by atoms with Crippen LogP contribution in [-0.2, 0) is 5.54 Å². The molecule has 0 saturated carbocycles. The smallest absolute Gasteiger partial charge is 0.154 e. The lowest BCUT2D eigenvalue weighted by molar-refractivity contribution is 0.406. The van der Waals surface area contributed by atoms with E-state index in [4.69, 9.17) is 10.5 Å². The average molecular weight is 250 g/mol. The highest BCUT2D eigenvalue weighted by Gasteiger charge is 2.32. The SMILES string of the molecule is CCC1(c2ccc(OC)cc2)CCSC(N)=N1. The van der Waals surface area contributed by atoms with Gasteiger partial charge in [0, 0.05) is 5.75 Å². The van der Waals surface area contributed by atoms with Gasteiger partial charge in [-0.1, -0.05) is 30.8 Å². The number of benzene rings is 1. The zero-order valence-corrected chi connectivity index (χ0v) is 11.1. The van der Waals surface area contributed by atoms with E-state index in [0.717, 1.165) is 24.3 Å². The zero-order valence-electron chi connectivity index (χ0n) is 10.3. The molecule has 1 aliphatic rings. The largest absolute Gasteiger partial charge is 0.497 e. The first-order valence-corrected chi connectivity index (χ1v) is 6.81. The summed E-state index contributed by atoms with van der Waals surface area (Å²) in [5.74, 6) is 1.91. The van der Waals surface area contributed by atoms with E-state index in [2.05, 4.69) is 24.0 Å². The van der Waals surface area contributed by atoms with Crippen LogP contribution in [0.1, 0.15) is 25.3 Å². The Balaban J connectivity index is 2.37. The number of aliphatic imine (C=N–C) groups is 1. The van der Waals surface area contributed by atoms with Crippen LogP contribution >= 0.6 is 11.8 Å². The van der Waals surface area contributed by atoms with Crippen LogP contribution in [0.15, 0.2) is 29.3 Å². The standard InChI is InChI=1S/C13H18N2OS/c1-3-13(8-9-17-12(14)15-13)10-4-6-11(16-2)7-5-10/h4-7H,3,8-9H2,1-2H3,(H2,14,15). The van der Waals surface area contributed by atoms with E-state index in [0.29, 0.717) is 5.17 Å². The summed E-state index contributed by atoms with van der Waals surface area (Å²) in [4.78, 5) is 4.67. The van der Waals surface area contributed by atoms with E-state index >= 15 is 0 Å². The molecule has 0 aromatic heterocycles. The molecule has 1 heterocycles. The van der Waals surface area contributed by atoms with Crippen LogP contribution in [-0.4, -0.2) is 18.0 Å². The summed E-state index contributed by atoms with van der Waals surface area (Å²) in [5.41, 5.74) is 6.96. The second-order valence-electron chi connectivity index (χ2n) is 4.16. The molecule has 1 atom stereocenters. The van der Waals surface area contributed by atoms with E-state index in [9.17, 15) is 0 Å². The predicted octanol–water partition coefficient (Wildman–Crippen LogP) is 2.75. The number of ether oxygens (including phenoxy) is 1. The highest BCUT2D eigenvalue weighted by Crippen LogP contribution is 2.38. The van der Waals surface area contributed by atoms with Gasteiger partial charge in [-0.05, 0) is 30.5 Å². The number of hydrogen-bond acceptors (Lipinski definition) is 4. The molecule has 4 heteroatoms. The molecule has 0 saturated heterocycles. The van der Waals surface area contributed by atoms with E-state index in [1.54, 1.807) is 18.9 Å². The minimum absolute atomic E-state index is 0.137. The Morgan fingerprint density at radius 2 is 2.12 bits per heavy atom. The van der Waals surface area contributed by atoms with Gasteiger partial charge in [0.25, 0.3) is 0 Å². The van der Waals surface area contributed by atoms with Gasteiger partial charge in [-0.3, -0.25) is 4.99 Å². The number of thioether (sulfide) groups is 1.